The fourth-order valence-corrected chi connectivity index (χ4v) is 3.52. The summed E-state index contributed by atoms with van der Waals surface area (Å²) in [5.74, 6) is 2.95. The number of H-pyrrole nitrogens is 1. The highest BCUT2D eigenvalue weighted by atomic mass is 16.3. The Morgan fingerprint density at radius 3 is 2.42 bits per heavy atom. The van der Waals surface area contributed by atoms with Crippen LogP contribution >= 0.6 is 0 Å². The van der Waals surface area contributed by atoms with E-state index in [0.29, 0.717) is 23.7 Å². The highest BCUT2D eigenvalue weighted by Crippen LogP contribution is 2.37. The number of nitrogens with zero attached hydrogens (tertiary/aromatic N) is 5. The van der Waals surface area contributed by atoms with E-state index in [0.717, 1.165) is 56.1 Å². The Balaban J connectivity index is 1.45. The van der Waals surface area contributed by atoms with Gasteiger partial charge in [-0.15, -0.1) is 5.10 Å². The molecule has 2 aromatic heterocycles. The number of hydrogen-bond acceptors (Lipinski definition) is 8. The molecular formula is C15H22N8O. The summed E-state index contributed by atoms with van der Waals surface area (Å²) >= 11 is 0. The average molecular weight is 330 g/mol. The van der Waals surface area contributed by atoms with Gasteiger partial charge in [0.15, 0.2) is 0 Å². The van der Waals surface area contributed by atoms with Crippen molar-refractivity contribution in [3.05, 3.63) is 17.6 Å². The van der Waals surface area contributed by atoms with Crippen LogP contribution in [0.1, 0.15) is 49.0 Å². The van der Waals surface area contributed by atoms with Crippen LogP contribution in [0.2, 0.25) is 0 Å². The quantitative estimate of drug-likeness (QED) is 0.632. The van der Waals surface area contributed by atoms with E-state index < -0.39 is 0 Å². The van der Waals surface area contributed by atoms with E-state index in [1.54, 1.807) is 0 Å². The number of aliphatic hydroxyl groups excluding tert-OH is 1. The molecule has 0 atom stereocenters. The first kappa shape index (κ1) is 15.1. The van der Waals surface area contributed by atoms with Crippen LogP contribution in [-0.4, -0.2) is 49.4 Å². The zero-order chi connectivity index (χ0) is 16.7. The first-order valence-corrected chi connectivity index (χ1v) is 8.33. The highest BCUT2D eigenvalue weighted by molar-refractivity contribution is 5.45. The van der Waals surface area contributed by atoms with Gasteiger partial charge in [0.1, 0.15) is 11.6 Å². The summed E-state index contributed by atoms with van der Waals surface area (Å²) in [6.07, 6.45) is 3.21. The minimum Gasteiger partial charge on any atom is -0.393 e. The van der Waals surface area contributed by atoms with Crippen molar-refractivity contribution in [1.29, 1.82) is 0 Å². The monoisotopic (exact) mass is 330 g/mol. The number of aromatic amines is 1. The van der Waals surface area contributed by atoms with Crippen LogP contribution in [-0.2, 0) is 0 Å². The summed E-state index contributed by atoms with van der Waals surface area (Å²) in [7, 11) is 0. The second-order valence-corrected chi connectivity index (χ2v) is 6.67. The molecule has 9 heteroatoms. The number of anilines is 3. The van der Waals surface area contributed by atoms with Crippen LogP contribution in [0.4, 0.5) is 17.7 Å². The Hall–Kier alpha value is -2.42. The van der Waals surface area contributed by atoms with Gasteiger partial charge in [-0.3, -0.25) is 5.10 Å². The lowest BCUT2D eigenvalue weighted by atomic mass is 9.80. The Labute approximate surface area is 139 Å². The van der Waals surface area contributed by atoms with Gasteiger partial charge in [0, 0.05) is 31.0 Å². The lowest BCUT2D eigenvalue weighted by Crippen LogP contribution is -2.34. The third-order valence-electron chi connectivity index (χ3n) is 5.01. The van der Waals surface area contributed by atoms with E-state index in [-0.39, 0.29) is 6.10 Å². The normalized spacial score (nSPS) is 24.8. The molecule has 2 aliphatic rings. The molecule has 2 fully saturated rings. The smallest absolute Gasteiger partial charge is 0.239 e. The molecule has 6 N–H and O–H groups in total. The van der Waals surface area contributed by atoms with Gasteiger partial charge in [-0.25, -0.2) is 4.98 Å². The van der Waals surface area contributed by atoms with Crippen molar-refractivity contribution in [2.24, 2.45) is 0 Å². The van der Waals surface area contributed by atoms with Gasteiger partial charge < -0.3 is 21.5 Å². The molecule has 0 amide bonds. The Kier molecular flexibility index (Phi) is 3.72. The second-order valence-electron chi connectivity index (χ2n) is 6.67. The number of nitrogen functional groups attached to an aromatic ring is 2. The summed E-state index contributed by atoms with van der Waals surface area (Å²) in [6.45, 7) is 1.74. The average Bonchev–Trinajstić information content (AvgIpc) is 2.98. The number of aliphatic hydroxyl groups is 1. The molecule has 0 bridgehead atoms. The van der Waals surface area contributed by atoms with E-state index in [1.165, 1.54) is 0 Å². The molecule has 2 aromatic rings. The summed E-state index contributed by atoms with van der Waals surface area (Å²) in [4.78, 5) is 15.2. The molecule has 0 aromatic carbocycles. The van der Waals surface area contributed by atoms with Crippen molar-refractivity contribution in [3.8, 4) is 0 Å². The first-order valence-electron chi connectivity index (χ1n) is 8.33. The number of nitrogens with one attached hydrogen (secondary N) is 1. The standard InChI is InChI=1S/C15H22N8O/c16-14-18-11(9-5-10(24)6-9)7-12(19-14)23-3-1-8(2-4-23)13-20-15(17)22-21-13/h7-10,24H,1-6H2,(H2,16,18,19)(H3,17,20,21,22). The lowest BCUT2D eigenvalue weighted by molar-refractivity contribution is 0.0732. The largest absolute Gasteiger partial charge is 0.393 e. The van der Waals surface area contributed by atoms with Crippen molar-refractivity contribution < 1.29 is 5.11 Å². The molecule has 0 spiro atoms. The van der Waals surface area contributed by atoms with E-state index in [2.05, 4.69) is 30.0 Å². The highest BCUT2D eigenvalue weighted by Gasteiger charge is 2.31. The van der Waals surface area contributed by atoms with E-state index in [4.69, 9.17) is 11.5 Å². The predicted molar refractivity (Wildman–Crippen MR) is 89.4 cm³/mol. The van der Waals surface area contributed by atoms with Gasteiger partial charge in [-0.1, -0.05) is 0 Å². The maximum absolute atomic E-state index is 9.50. The number of nitrogens with two attached hydrogens (primary N) is 2. The van der Waals surface area contributed by atoms with Crippen LogP contribution < -0.4 is 16.4 Å². The molecule has 128 valence electrons. The second kappa shape index (κ2) is 5.90. The maximum Gasteiger partial charge on any atom is 0.239 e. The number of piperidine rings is 1. The van der Waals surface area contributed by atoms with Crippen molar-refractivity contribution >= 4 is 17.7 Å². The minimum absolute atomic E-state index is 0.209. The van der Waals surface area contributed by atoms with Crippen molar-refractivity contribution in [3.63, 3.8) is 0 Å². The maximum atomic E-state index is 9.50. The zero-order valence-corrected chi connectivity index (χ0v) is 13.4. The van der Waals surface area contributed by atoms with E-state index in [1.807, 2.05) is 6.07 Å². The van der Waals surface area contributed by atoms with Gasteiger partial charge in [-0.2, -0.15) is 9.97 Å². The first-order chi connectivity index (χ1) is 11.6. The van der Waals surface area contributed by atoms with Crippen molar-refractivity contribution in [1.82, 2.24) is 25.1 Å². The van der Waals surface area contributed by atoms with Gasteiger partial charge in [-0.05, 0) is 25.7 Å². The SMILES string of the molecule is Nc1nc(C2CC(O)C2)cc(N2CCC(c3nc(N)n[nH]3)CC2)n1. The van der Waals surface area contributed by atoms with Crippen molar-refractivity contribution in [2.45, 2.75) is 43.6 Å². The molecule has 0 unspecified atom stereocenters. The van der Waals surface area contributed by atoms with Crippen LogP contribution in [0.3, 0.4) is 0 Å². The molecule has 9 nitrogen and oxygen atoms in total. The predicted octanol–water partition coefficient (Wildman–Crippen LogP) is 0.381. The minimum atomic E-state index is -0.209. The fraction of sp³-hybridized carbons (Fsp3) is 0.600. The Morgan fingerprint density at radius 2 is 1.79 bits per heavy atom. The number of rotatable bonds is 3. The molecule has 24 heavy (non-hydrogen) atoms. The molecule has 1 saturated heterocycles. The molecule has 4 rings (SSSR count). The molecule has 1 aliphatic heterocycles. The topological polar surface area (TPSA) is 143 Å². The van der Waals surface area contributed by atoms with Crippen LogP contribution in [0.5, 0.6) is 0 Å². The Morgan fingerprint density at radius 1 is 1.04 bits per heavy atom. The lowest BCUT2D eigenvalue weighted by Gasteiger charge is -2.34. The molecule has 1 saturated carbocycles. The Bertz CT molecular complexity index is 718. The summed E-state index contributed by atoms with van der Waals surface area (Å²) in [5, 5.41) is 16.3. The van der Waals surface area contributed by atoms with Crippen LogP contribution in [0, 0.1) is 0 Å². The third-order valence-corrected chi connectivity index (χ3v) is 5.01. The van der Waals surface area contributed by atoms with Gasteiger partial charge >= 0.3 is 0 Å². The molecule has 0 radical (unpaired) electrons. The van der Waals surface area contributed by atoms with E-state index >= 15 is 0 Å². The summed E-state index contributed by atoms with van der Waals surface area (Å²) in [6, 6.07) is 2.01. The molecule has 3 heterocycles. The molecule has 1 aliphatic carbocycles. The van der Waals surface area contributed by atoms with Crippen molar-refractivity contribution in [2.75, 3.05) is 29.5 Å². The number of aromatic nitrogens is 5. The fourth-order valence-electron chi connectivity index (χ4n) is 3.52. The molecular weight excluding hydrogens is 308 g/mol. The van der Waals surface area contributed by atoms with Crippen LogP contribution in [0.15, 0.2) is 6.07 Å². The third kappa shape index (κ3) is 2.86. The summed E-state index contributed by atoms with van der Waals surface area (Å²) < 4.78 is 0. The van der Waals surface area contributed by atoms with Gasteiger partial charge in [0.25, 0.3) is 0 Å². The zero-order valence-electron chi connectivity index (χ0n) is 13.4. The van der Waals surface area contributed by atoms with Gasteiger partial charge in [0.05, 0.1) is 11.8 Å². The van der Waals surface area contributed by atoms with Gasteiger partial charge in [0.2, 0.25) is 11.9 Å². The van der Waals surface area contributed by atoms with Crippen LogP contribution in [0.25, 0.3) is 0 Å². The summed E-state index contributed by atoms with van der Waals surface area (Å²) in [5.41, 5.74) is 12.4. The number of hydrogen-bond donors (Lipinski definition) is 4. The van der Waals surface area contributed by atoms with E-state index in [9.17, 15) is 5.11 Å².